The Labute approximate surface area is 155 Å². The zero-order chi connectivity index (χ0) is 18.4. The Morgan fingerprint density at radius 2 is 2.08 bits per heavy atom. The summed E-state index contributed by atoms with van der Waals surface area (Å²) < 4.78 is 7.14. The van der Waals surface area contributed by atoms with Crippen LogP contribution in [0.15, 0.2) is 53.9 Å². The van der Waals surface area contributed by atoms with Crippen LogP contribution in [0, 0.1) is 0 Å². The third-order valence-electron chi connectivity index (χ3n) is 3.76. The molecule has 134 valence electrons. The van der Waals surface area contributed by atoms with Crippen molar-refractivity contribution in [3.05, 3.63) is 54.4 Å². The summed E-state index contributed by atoms with van der Waals surface area (Å²) in [4.78, 5) is 16.2. The molecule has 0 aliphatic heterocycles. The maximum Gasteiger partial charge on any atom is 0.230 e. The molecule has 8 heteroatoms. The van der Waals surface area contributed by atoms with E-state index in [0.29, 0.717) is 11.7 Å². The maximum atomic E-state index is 12.1. The second-order valence-corrected chi connectivity index (χ2v) is 6.43. The number of hydrogen-bond donors (Lipinski definition) is 1. The molecule has 0 unspecified atom stereocenters. The summed E-state index contributed by atoms with van der Waals surface area (Å²) in [5.74, 6) is 1.66. The van der Waals surface area contributed by atoms with E-state index in [0.717, 1.165) is 22.7 Å². The van der Waals surface area contributed by atoms with Gasteiger partial charge in [-0.25, -0.2) is 0 Å². The first-order valence-electron chi connectivity index (χ1n) is 8.00. The fourth-order valence-corrected chi connectivity index (χ4v) is 3.15. The number of thioether (sulfide) groups is 1. The second-order valence-electron chi connectivity index (χ2n) is 5.48. The van der Waals surface area contributed by atoms with E-state index < -0.39 is 0 Å². The monoisotopic (exact) mass is 369 g/mol. The molecule has 1 amide bonds. The summed E-state index contributed by atoms with van der Waals surface area (Å²) in [6.07, 6.45) is 3.44. The van der Waals surface area contributed by atoms with Crippen LogP contribution in [0.2, 0.25) is 0 Å². The Balaban J connectivity index is 1.56. The quantitative estimate of drug-likeness (QED) is 0.644. The highest BCUT2D eigenvalue weighted by Gasteiger charge is 2.13. The van der Waals surface area contributed by atoms with Crippen molar-refractivity contribution in [2.24, 2.45) is 7.05 Å². The highest BCUT2D eigenvalue weighted by molar-refractivity contribution is 7.99. The topological polar surface area (TPSA) is 81.9 Å². The Morgan fingerprint density at radius 3 is 2.85 bits per heavy atom. The molecule has 2 heterocycles. The third-order valence-corrected chi connectivity index (χ3v) is 4.78. The number of carbonyl (C=O) groups is 1. The third kappa shape index (κ3) is 4.20. The largest absolute Gasteiger partial charge is 0.496 e. The van der Waals surface area contributed by atoms with Crippen LogP contribution in [0.25, 0.3) is 11.4 Å². The minimum Gasteiger partial charge on any atom is -0.496 e. The number of ether oxygens (including phenoxy) is 1. The Hall–Kier alpha value is -2.87. The van der Waals surface area contributed by atoms with Crippen molar-refractivity contribution >= 4 is 17.7 Å². The van der Waals surface area contributed by atoms with Crippen LogP contribution in [0.5, 0.6) is 5.75 Å². The number of amides is 1. The van der Waals surface area contributed by atoms with E-state index in [-0.39, 0.29) is 11.7 Å². The van der Waals surface area contributed by atoms with Crippen LogP contribution in [-0.4, -0.2) is 38.5 Å². The van der Waals surface area contributed by atoms with Crippen molar-refractivity contribution in [3.63, 3.8) is 0 Å². The highest BCUT2D eigenvalue weighted by Crippen LogP contribution is 2.22. The summed E-state index contributed by atoms with van der Waals surface area (Å²) in [6, 6.07) is 11.4. The molecule has 0 fully saturated rings. The van der Waals surface area contributed by atoms with Gasteiger partial charge < -0.3 is 14.6 Å². The highest BCUT2D eigenvalue weighted by atomic mass is 32.2. The number of para-hydroxylation sites is 1. The van der Waals surface area contributed by atoms with E-state index in [9.17, 15) is 4.79 Å². The number of pyridine rings is 1. The van der Waals surface area contributed by atoms with E-state index in [1.165, 1.54) is 11.8 Å². The molecule has 0 bridgehead atoms. The molecule has 26 heavy (non-hydrogen) atoms. The lowest BCUT2D eigenvalue weighted by atomic mass is 10.2. The molecule has 1 N–H and O–H groups in total. The van der Waals surface area contributed by atoms with Crippen LogP contribution in [0.3, 0.4) is 0 Å². The van der Waals surface area contributed by atoms with E-state index in [1.807, 2.05) is 48.0 Å². The fraction of sp³-hybridized carbons (Fsp3) is 0.222. The van der Waals surface area contributed by atoms with Crippen molar-refractivity contribution < 1.29 is 9.53 Å². The molecule has 0 atom stereocenters. The number of hydrogen-bond acceptors (Lipinski definition) is 6. The van der Waals surface area contributed by atoms with Crippen LogP contribution in [-0.2, 0) is 18.4 Å². The molecule has 0 saturated heterocycles. The van der Waals surface area contributed by atoms with Crippen LogP contribution in [0.1, 0.15) is 5.56 Å². The summed E-state index contributed by atoms with van der Waals surface area (Å²) in [7, 11) is 3.49. The lowest BCUT2D eigenvalue weighted by Gasteiger charge is -2.09. The van der Waals surface area contributed by atoms with Gasteiger partial charge in [0.1, 0.15) is 5.75 Å². The van der Waals surface area contributed by atoms with E-state index in [1.54, 1.807) is 19.5 Å². The minimum atomic E-state index is -0.0770. The molecule has 2 aromatic heterocycles. The molecule has 0 radical (unpaired) electrons. The molecule has 0 aliphatic rings. The zero-order valence-corrected chi connectivity index (χ0v) is 15.4. The summed E-state index contributed by atoms with van der Waals surface area (Å²) in [5, 5.41) is 11.9. The number of aromatic nitrogens is 4. The first kappa shape index (κ1) is 17.9. The van der Waals surface area contributed by atoms with Gasteiger partial charge in [-0.1, -0.05) is 30.0 Å². The van der Waals surface area contributed by atoms with Gasteiger partial charge in [-0.2, -0.15) is 0 Å². The Bertz CT molecular complexity index is 882. The Morgan fingerprint density at radius 1 is 1.23 bits per heavy atom. The number of nitrogens with zero attached hydrogens (tertiary/aromatic N) is 4. The first-order valence-corrected chi connectivity index (χ1v) is 8.98. The molecule has 7 nitrogen and oxygen atoms in total. The predicted molar refractivity (Wildman–Crippen MR) is 99.8 cm³/mol. The van der Waals surface area contributed by atoms with Crippen LogP contribution < -0.4 is 10.1 Å². The SMILES string of the molecule is COc1ccccc1CNC(=O)CSc1nnc(-c2cccnc2)n1C. The Kier molecular flexibility index (Phi) is 5.85. The van der Waals surface area contributed by atoms with Gasteiger partial charge in [0, 0.05) is 37.1 Å². The fourth-order valence-electron chi connectivity index (χ4n) is 2.41. The maximum absolute atomic E-state index is 12.1. The average Bonchev–Trinajstić information content (AvgIpc) is 3.06. The normalized spacial score (nSPS) is 10.5. The van der Waals surface area contributed by atoms with Gasteiger partial charge in [0.2, 0.25) is 5.91 Å². The van der Waals surface area contributed by atoms with Crippen molar-refractivity contribution in [3.8, 4) is 17.1 Å². The van der Waals surface area contributed by atoms with E-state index >= 15 is 0 Å². The molecular weight excluding hydrogens is 350 g/mol. The second kappa shape index (κ2) is 8.48. The average molecular weight is 369 g/mol. The van der Waals surface area contributed by atoms with Crippen molar-refractivity contribution in [2.75, 3.05) is 12.9 Å². The lowest BCUT2D eigenvalue weighted by Crippen LogP contribution is -2.25. The van der Waals surface area contributed by atoms with E-state index in [4.69, 9.17) is 4.74 Å². The lowest BCUT2D eigenvalue weighted by molar-refractivity contribution is -0.118. The van der Waals surface area contributed by atoms with E-state index in [2.05, 4.69) is 20.5 Å². The molecule has 0 spiro atoms. The van der Waals surface area contributed by atoms with Crippen LogP contribution in [0.4, 0.5) is 0 Å². The number of carbonyl (C=O) groups excluding carboxylic acids is 1. The van der Waals surface area contributed by atoms with Gasteiger partial charge in [-0.15, -0.1) is 10.2 Å². The van der Waals surface area contributed by atoms with Crippen LogP contribution >= 0.6 is 11.8 Å². The van der Waals surface area contributed by atoms with Gasteiger partial charge in [-0.05, 0) is 18.2 Å². The number of methoxy groups -OCH3 is 1. The van der Waals surface area contributed by atoms with Gasteiger partial charge in [-0.3, -0.25) is 9.78 Å². The summed E-state index contributed by atoms with van der Waals surface area (Å²) in [6.45, 7) is 0.420. The summed E-state index contributed by atoms with van der Waals surface area (Å²) >= 11 is 1.34. The van der Waals surface area contributed by atoms with Crippen molar-refractivity contribution in [1.29, 1.82) is 0 Å². The first-order chi connectivity index (χ1) is 12.7. The molecule has 0 aliphatic carbocycles. The van der Waals surface area contributed by atoms with Gasteiger partial charge in [0.25, 0.3) is 0 Å². The number of benzene rings is 1. The number of rotatable bonds is 7. The molecule has 3 rings (SSSR count). The molecule has 3 aromatic rings. The van der Waals surface area contributed by atoms with Crippen molar-refractivity contribution in [1.82, 2.24) is 25.1 Å². The predicted octanol–water partition coefficient (Wildman–Crippen LogP) is 2.29. The van der Waals surface area contributed by atoms with Gasteiger partial charge >= 0.3 is 0 Å². The minimum absolute atomic E-state index is 0.0770. The van der Waals surface area contributed by atoms with Gasteiger partial charge in [0.05, 0.1) is 12.9 Å². The number of nitrogens with one attached hydrogen (secondary N) is 1. The zero-order valence-electron chi connectivity index (χ0n) is 14.5. The smallest absolute Gasteiger partial charge is 0.230 e. The molecule has 1 aromatic carbocycles. The molecular formula is C18H19N5O2S. The van der Waals surface area contributed by atoms with Crippen molar-refractivity contribution in [2.45, 2.75) is 11.7 Å². The summed E-state index contributed by atoms with van der Waals surface area (Å²) in [5.41, 5.74) is 1.82. The standard InChI is InChI=1S/C18H19N5O2S/c1-23-17(14-7-5-9-19-10-14)21-22-18(23)26-12-16(24)20-11-13-6-3-4-8-15(13)25-2/h3-10H,11-12H2,1-2H3,(H,20,24). The van der Waals surface area contributed by atoms with Gasteiger partial charge in [0.15, 0.2) is 11.0 Å². The molecule has 0 saturated carbocycles.